The second-order valence-electron chi connectivity index (χ2n) is 3.55. The van der Waals surface area contributed by atoms with Crippen LogP contribution in [0.2, 0.25) is 0 Å². The van der Waals surface area contributed by atoms with Crippen LogP contribution in [-0.2, 0) is 0 Å². The van der Waals surface area contributed by atoms with E-state index in [0.29, 0.717) is 0 Å². The molecular weight excluding hydrogens is 250 g/mol. The Kier molecular flexibility index (Phi) is 2.78. The van der Waals surface area contributed by atoms with Crippen LogP contribution in [0.4, 0.5) is 0 Å². The summed E-state index contributed by atoms with van der Waals surface area (Å²) in [5, 5.41) is 4.09. The van der Waals surface area contributed by atoms with Crippen LogP contribution in [0.3, 0.4) is 0 Å². The summed E-state index contributed by atoms with van der Waals surface area (Å²) < 4.78 is 1.02. The monoisotopic (exact) mass is 259 g/mol. The van der Waals surface area contributed by atoms with Crippen molar-refractivity contribution in [1.82, 2.24) is 15.0 Å². The molecule has 3 rings (SSSR count). The molecule has 0 saturated carbocycles. The van der Waals surface area contributed by atoms with Crippen LogP contribution in [0, 0.1) is 6.92 Å². The van der Waals surface area contributed by atoms with Crippen molar-refractivity contribution in [2.24, 2.45) is 0 Å². The minimum absolute atomic E-state index is 0.963. The Morgan fingerprint density at radius 3 is 2.88 bits per heavy atom. The highest BCUT2D eigenvalue weighted by molar-refractivity contribution is 8.01. The molecule has 84 valence electrons. The van der Waals surface area contributed by atoms with Crippen molar-refractivity contribution in [3.8, 4) is 0 Å². The van der Waals surface area contributed by atoms with Crippen molar-refractivity contribution in [2.75, 3.05) is 0 Å². The van der Waals surface area contributed by atoms with Gasteiger partial charge in [0, 0.05) is 16.5 Å². The summed E-state index contributed by atoms with van der Waals surface area (Å²) in [6.45, 7) is 2.00. The van der Waals surface area contributed by atoms with E-state index in [-0.39, 0.29) is 0 Å². The maximum Gasteiger partial charge on any atom is 0.156 e. The molecule has 0 aliphatic rings. The lowest BCUT2D eigenvalue weighted by Gasteiger charge is -2.01. The fraction of sp³-hybridized carbons (Fsp3) is 0.0833. The third kappa shape index (κ3) is 2.16. The van der Waals surface area contributed by atoms with Crippen LogP contribution < -0.4 is 0 Å². The highest BCUT2D eigenvalue weighted by Crippen LogP contribution is 2.32. The third-order valence-electron chi connectivity index (χ3n) is 2.29. The average molecular weight is 259 g/mol. The zero-order chi connectivity index (χ0) is 11.7. The number of aromatic nitrogens is 3. The molecule has 1 aromatic carbocycles. The van der Waals surface area contributed by atoms with E-state index in [1.165, 1.54) is 0 Å². The van der Waals surface area contributed by atoms with E-state index in [2.05, 4.69) is 15.0 Å². The van der Waals surface area contributed by atoms with Gasteiger partial charge in [0.05, 0.1) is 5.52 Å². The predicted molar refractivity (Wildman–Crippen MR) is 70.5 cm³/mol. The zero-order valence-electron chi connectivity index (χ0n) is 9.12. The molecule has 2 aromatic heterocycles. The molecule has 5 heteroatoms. The molecule has 0 aliphatic heterocycles. The highest BCUT2D eigenvalue weighted by Gasteiger charge is 2.07. The molecule has 0 aliphatic carbocycles. The minimum atomic E-state index is 0.963. The second-order valence-corrected chi connectivity index (χ2v) is 5.65. The number of nitrogens with zero attached hydrogens (tertiary/aromatic N) is 3. The van der Waals surface area contributed by atoms with Gasteiger partial charge in [-0.1, -0.05) is 18.2 Å². The van der Waals surface area contributed by atoms with Crippen LogP contribution in [0.25, 0.3) is 10.9 Å². The summed E-state index contributed by atoms with van der Waals surface area (Å²) in [6.07, 6.45) is 1.60. The molecular formula is C12H9N3S2. The summed E-state index contributed by atoms with van der Waals surface area (Å²) in [7, 11) is 0. The second kappa shape index (κ2) is 4.43. The molecule has 0 amide bonds. The Morgan fingerprint density at radius 2 is 2.06 bits per heavy atom. The topological polar surface area (TPSA) is 38.7 Å². The van der Waals surface area contributed by atoms with Gasteiger partial charge in [0.1, 0.15) is 11.4 Å². The number of thiazole rings is 1. The van der Waals surface area contributed by atoms with Gasteiger partial charge in [-0.15, -0.1) is 11.3 Å². The van der Waals surface area contributed by atoms with Gasteiger partial charge in [-0.25, -0.2) is 15.0 Å². The van der Waals surface area contributed by atoms with Crippen LogP contribution in [0.15, 0.2) is 45.3 Å². The molecule has 17 heavy (non-hydrogen) atoms. The summed E-state index contributed by atoms with van der Waals surface area (Å²) in [6, 6.07) is 8.02. The van der Waals surface area contributed by atoms with E-state index in [1.54, 1.807) is 29.4 Å². The Hall–Kier alpha value is -1.46. The number of hydrogen-bond donors (Lipinski definition) is 0. The lowest BCUT2D eigenvalue weighted by atomic mass is 10.2. The molecule has 0 fully saturated rings. The first-order valence-corrected chi connectivity index (χ1v) is 6.82. The van der Waals surface area contributed by atoms with Crippen LogP contribution in [-0.4, -0.2) is 15.0 Å². The quantitative estimate of drug-likeness (QED) is 0.660. The van der Waals surface area contributed by atoms with E-state index < -0.39 is 0 Å². The minimum Gasteiger partial charge on any atom is -0.236 e. The van der Waals surface area contributed by atoms with Gasteiger partial charge in [-0.2, -0.15) is 0 Å². The number of aryl methyl sites for hydroxylation is 1. The molecule has 0 bridgehead atoms. The highest BCUT2D eigenvalue weighted by atomic mass is 32.2. The van der Waals surface area contributed by atoms with Gasteiger partial charge >= 0.3 is 0 Å². The fourth-order valence-electron chi connectivity index (χ4n) is 1.52. The smallest absolute Gasteiger partial charge is 0.156 e. The summed E-state index contributed by atoms with van der Waals surface area (Å²) >= 11 is 3.24. The normalized spacial score (nSPS) is 10.9. The number of hydrogen-bond acceptors (Lipinski definition) is 5. The van der Waals surface area contributed by atoms with Crippen molar-refractivity contribution >= 4 is 34.0 Å². The number of benzene rings is 1. The Morgan fingerprint density at radius 1 is 1.18 bits per heavy atom. The lowest BCUT2D eigenvalue weighted by Crippen LogP contribution is -1.86. The Labute approximate surface area is 107 Å². The van der Waals surface area contributed by atoms with Gasteiger partial charge in [-0.05, 0) is 24.8 Å². The lowest BCUT2D eigenvalue weighted by molar-refractivity contribution is 1.09. The molecule has 3 aromatic rings. The van der Waals surface area contributed by atoms with E-state index in [0.717, 1.165) is 26.0 Å². The molecule has 0 radical (unpaired) electrons. The predicted octanol–water partition coefficient (Wildman–Crippen LogP) is 3.55. The van der Waals surface area contributed by atoms with Crippen molar-refractivity contribution < 1.29 is 0 Å². The molecule has 0 spiro atoms. The molecule has 0 N–H and O–H groups in total. The zero-order valence-corrected chi connectivity index (χ0v) is 10.8. The SMILES string of the molecule is Cc1csc(Sc2ncnc3ccccc23)n1. The molecule has 2 heterocycles. The first kappa shape index (κ1) is 10.7. The standard InChI is InChI=1S/C12H9N3S2/c1-8-6-16-12(15-8)17-11-9-4-2-3-5-10(9)13-7-14-11/h2-7H,1H3. The maximum absolute atomic E-state index is 4.43. The number of fused-ring (bicyclic) bond motifs is 1. The van der Waals surface area contributed by atoms with Crippen molar-refractivity contribution in [2.45, 2.75) is 16.3 Å². The molecule has 3 nitrogen and oxygen atoms in total. The number of rotatable bonds is 2. The Balaban J connectivity index is 2.05. The van der Waals surface area contributed by atoms with Crippen LogP contribution in [0.5, 0.6) is 0 Å². The van der Waals surface area contributed by atoms with Crippen molar-refractivity contribution in [1.29, 1.82) is 0 Å². The van der Waals surface area contributed by atoms with Gasteiger partial charge in [-0.3, -0.25) is 0 Å². The first-order chi connectivity index (χ1) is 8.33. The van der Waals surface area contributed by atoms with Gasteiger partial charge < -0.3 is 0 Å². The summed E-state index contributed by atoms with van der Waals surface area (Å²) in [4.78, 5) is 13.0. The molecule has 0 saturated heterocycles. The molecule has 0 atom stereocenters. The van der Waals surface area contributed by atoms with Gasteiger partial charge in [0.2, 0.25) is 0 Å². The van der Waals surface area contributed by atoms with E-state index in [1.807, 2.05) is 36.6 Å². The van der Waals surface area contributed by atoms with E-state index >= 15 is 0 Å². The van der Waals surface area contributed by atoms with Crippen LogP contribution >= 0.6 is 23.1 Å². The molecule has 0 unspecified atom stereocenters. The summed E-state index contributed by atoms with van der Waals surface area (Å²) in [5.74, 6) is 0. The van der Waals surface area contributed by atoms with E-state index in [9.17, 15) is 0 Å². The number of para-hydroxylation sites is 1. The van der Waals surface area contributed by atoms with Gasteiger partial charge in [0.25, 0.3) is 0 Å². The Bertz CT molecular complexity index is 658. The van der Waals surface area contributed by atoms with Gasteiger partial charge in [0.15, 0.2) is 4.34 Å². The third-order valence-corrected chi connectivity index (χ3v) is 4.36. The fourth-order valence-corrected chi connectivity index (χ4v) is 3.36. The van der Waals surface area contributed by atoms with E-state index in [4.69, 9.17) is 0 Å². The first-order valence-electron chi connectivity index (χ1n) is 5.12. The maximum atomic E-state index is 4.43. The average Bonchev–Trinajstić information content (AvgIpc) is 2.75. The van der Waals surface area contributed by atoms with Crippen molar-refractivity contribution in [3.05, 3.63) is 41.7 Å². The largest absolute Gasteiger partial charge is 0.236 e. The van der Waals surface area contributed by atoms with Crippen molar-refractivity contribution in [3.63, 3.8) is 0 Å². The van der Waals surface area contributed by atoms with Crippen LogP contribution in [0.1, 0.15) is 5.69 Å². The summed E-state index contributed by atoms with van der Waals surface area (Å²) in [5.41, 5.74) is 2.02.